The van der Waals surface area contributed by atoms with Crippen molar-refractivity contribution in [2.45, 2.75) is 38.0 Å². The summed E-state index contributed by atoms with van der Waals surface area (Å²) in [4.78, 5) is 13.8. The lowest BCUT2D eigenvalue weighted by Crippen LogP contribution is -2.38. The Bertz CT molecular complexity index is 1690. The van der Waals surface area contributed by atoms with E-state index in [1.54, 1.807) is 30.6 Å². The van der Waals surface area contributed by atoms with Gasteiger partial charge in [0, 0.05) is 12.4 Å². The largest absolute Gasteiger partial charge is 0.284 e. The summed E-state index contributed by atoms with van der Waals surface area (Å²) >= 11 is 0. The molecule has 0 aliphatic heterocycles. The minimum Gasteiger partial charge on any atom is -0.284 e. The van der Waals surface area contributed by atoms with Gasteiger partial charge in [-0.05, 0) is 60.1 Å². The fourth-order valence-electron chi connectivity index (χ4n) is 6.30. The van der Waals surface area contributed by atoms with Crippen LogP contribution < -0.4 is 4.72 Å². The van der Waals surface area contributed by atoms with Gasteiger partial charge in [-0.2, -0.15) is 5.10 Å². The van der Waals surface area contributed by atoms with Crippen LogP contribution in [0.25, 0.3) is 22.6 Å². The molecule has 2 aliphatic carbocycles. The van der Waals surface area contributed by atoms with E-state index in [1.165, 1.54) is 24.4 Å². The number of halogens is 2. The van der Waals surface area contributed by atoms with Gasteiger partial charge in [0.2, 0.25) is 10.0 Å². The van der Waals surface area contributed by atoms with Gasteiger partial charge in [0.05, 0.1) is 51.9 Å². The molecule has 0 radical (unpaired) electrons. The summed E-state index contributed by atoms with van der Waals surface area (Å²) in [5.41, 5.74) is 2.72. The lowest BCUT2D eigenvalue weighted by Gasteiger charge is -2.37. The molecule has 3 aromatic heterocycles. The van der Waals surface area contributed by atoms with E-state index in [1.807, 2.05) is 0 Å². The molecule has 1 saturated carbocycles. The zero-order valence-corrected chi connectivity index (χ0v) is 21.7. The molecule has 8 nitrogen and oxygen atoms in total. The predicted octanol–water partition coefficient (Wildman–Crippen LogP) is 4.85. The minimum atomic E-state index is -3.46. The Kier molecular flexibility index (Phi) is 5.36. The van der Waals surface area contributed by atoms with E-state index < -0.39 is 27.1 Å². The second-order valence-electron chi connectivity index (χ2n) is 10.4. The SMILES string of the molecule is CC1(C)[C@H]2CC[C@]1(c1cncc(-c3cc(NS(C)(=O)=O)ccn3)n1)c1nnc(-c3c(F)cccc3F)cc12. The van der Waals surface area contributed by atoms with E-state index in [9.17, 15) is 17.2 Å². The number of hydrogen-bond donors (Lipinski definition) is 1. The van der Waals surface area contributed by atoms with Crippen molar-refractivity contribution in [2.24, 2.45) is 5.41 Å². The molecule has 4 aromatic rings. The summed E-state index contributed by atoms with van der Waals surface area (Å²) in [5, 5.41) is 8.83. The Balaban J connectivity index is 1.47. The number of pyridine rings is 1. The lowest BCUT2D eigenvalue weighted by atomic mass is 9.66. The maximum Gasteiger partial charge on any atom is 0.229 e. The highest BCUT2D eigenvalue weighted by Crippen LogP contribution is 2.69. The monoisotopic (exact) mass is 534 g/mol. The molecule has 1 fully saturated rings. The van der Waals surface area contributed by atoms with Crippen molar-refractivity contribution in [1.29, 1.82) is 0 Å². The highest BCUT2D eigenvalue weighted by atomic mass is 32.2. The number of sulfonamides is 1. The molecule has 194 valence electrons. The molecule has 2 aliphatic rings. The standard InChI is InChI=1S/C27H24F2N6O2S/c1-26(2)17-7-9-27(26,25-16(17)12-21(33-34-25)24-18(28)5-4-6-19(24)29)23-14-30-13-22(32-23)20-11-15(8-10-31-20)35-38(3,36)37/h4-6,8,10-14,17H,7,9H2,1-3H3,(H,31,35)/t17-,27-/m0/s1. The van der Waals surface area contributed by atoms with Crippen molar-refractivity contribution in [3.8, 4) is 22.6 Å². The van der Waals surface area contributed by atoms with Gasteiger partial charge >= 0.3 is 0 Å². The Labute approximate surface area is 218 Å². The normalized spacial score (nSPS) is 21.3. The minimum absolute atomic E-state index is 0.0902. The second-order valence-corrected chi connectivity index (χ2v) is 12.2. The first kappa shape index (κ1) is 24.5. The number of nitrogens with one attached hydrogen (secondary N) is 1. The van der Waals surface area contributed by atoms with Crippen LogP contribution in [0.3, 0.4) is 0 Å². The molecule has 0 amide bonds. The third kappa shape index (κ3) is 3.59. The van der Waals surface area contributed by atoms with E-state index in [0.29, 0.717) is 22.8 Å². The van der Waals surface area contributed by atoms with Crippen LogP contribution in [-0.2, 0) is 15.4 Å². The first-order valence-corrected chi connectivity index (χ1v) is 14.0. The van der Waals surface area contributed by atoms with Crippen molar-refractivity contribution in [3.63, 3.8) is 0 Å². The molecule has 0 spiro atoms. The number of benzene rings is 1. The van der Waals surface area contributed by atoms with Crippen molar-refractivity contribution in [2.75, 3.05) is 11.0 Å². The Morgan fingerprint density at radius 3 is 2.50 bits per heavy atom. The number of nitrogens with zero attached hydrogens (tertiary/aromatic N) is 5. The number of hydrogen-bond acceptors (Lipinski definition) is 7. The molecule has 3 heterocycles. The van der Waals surface area contributed by atoms with Gasteiger partial charge in [0.15, 0.2) is 0 Å². The van der Waals surface area contributed by atoms with E-state index in [2.05, 4.69) is 38.7 Å². The average Bonchev–Trinajstić information content (AvgIpc) is 3.24. The van der Waals surface area contributed by atoms with Crippen LogP contribution in [0.15, 0.2) is 55.0 Å². The molecule has 2 atom stereocenters. The number of anilines is 1. The van der Waals surface area contributed by atoms with Gasteiger partial charge in [-0.15, -0.1) is 5.10 Å². The lowest BCUT2D eigenvalue weighted by molar-refractivity contribution is 0.242. The number of fused-ring (bicyclic) bond motifs is 5. The second kappa shape index (κ2) is 8.32. The van der Waals surface area contributed by atoms with E-state index in [0.717, 1.165) is 30.4 Å². The van der Waals surface area contributed by atoms with Crippen LogP contribution in [0, 0.1) is 17.0 Å². The summed E-state index contributed by atoms with van der Waals surface area (Å²) in [6, 6.07) is 8.66. The van der Waals surface area contributed by atoms with Gasteiger partial charge in [-0.3, -0.25) is 14.7 Å². The van der Waals surface area contributed by atoms with Crippen LogP contribution in [0.1, 0.15) is 49.6 Å². The highest BCUT2D eigenvalue weighted by molar-refractivity contribution is 7.92. The number of rotatable bonds is 5. The van der Waals surface area contributed by atoms with Crippen molar-refractivity contribution in [1.82, 2.24) is 25.1 Å². The fraction of sp³-hybridized carbons (Fsp3) is 0.296. The third-order valence-electron chi connectivity index (χ3n) is 8.00. The fourth-order valence-corrected chi connectivity index (χ4v) is 6.86. The molecule has 0 saturated heterocycles. The smallest absolute Gasteiger partial charge is 0.229 e. The first-order chi connectivity index (χ1) is 18.0. The summed E-state index contributed by atoms with van der Waals surface area (Å²) < 4.78 is 54.9. The van der Waals surface area contributed by atoms with Crippen LogP contribution in [0.5, 0.6) is 0 Å². The van der Waals surface area contributed by atoms with Crippen LogP contribution in [-0.4, -0.2) is 39.8 Å². The van der Waals surface area contributed by atoms with Gasteiger partial charge < -0.3 is 0 Å². The average molecular weight is 535 g/mol. The molecular formula is C27H24F2N6O2S. The first-order valence-electron chi connectivity index (χ1n) is 12.1. The summed E-state index contributed by atoms with van der Waals surface area (Å²) in [6.45, 7) is 4.30. The number of aromatic nitrogens is 5. The zero-order valence-electron chi connectivity index (χ0n) is 20.9. The maximum atomic E-state index is 14.5. The third-order valence-corrected chi connectivity index (χ3v) is 8.60. The summed E-state index contributed by atoms with van der Waals surface area (Å²) in [6.07, 6.45) is 7.50. The summed E-state index contributed by atoms with van der Waals surface area (Å²) in [5.74, 6) is -1.28. The molecule has 0 unspecified atom stereocenters. The molecule has 1 N–H and O–H groups in total. The van der Waals surface area contributed by atoms with Crippen LogP contribution in [0.4, 0.5) is 14.5 Å². The predicted molar refractivity (Wildman–Crippen MR) is 138 cm³/mol. The summed E-state index contributed by atoms with van der Waals surface area (Å²) in [7, 11) is -3.46. The maximum absolute atomic E-state index is 14.5. The van der Waals surface area contributed by atoms with Crippen molar-refractivity contribution in [3.05, 3.63) is 83.6 Å². The van der Waals surface area contributed by atoms with Gasteiger partial charge in [0.25, 0.3) is 0 Å². The Morgan fingerprint density at radius 1 is 1.00 bits per heavy atom. The van der Waals surface area contributed by atoms with E-state index >= 15 is 0 Å². The van der Waals surface area contributed by atoms with Crippen LogP contribution >= 0.6 is 0 Å². The molecule has 38 heavy (non-hydrogen) atoms. The van der Waals surface area contributed by atoms with Gasteiger partial charge in [-0.25, -0.2) is 22.2 Å². The van der Waals surface area contributed by atoms with Crippen LogP contribution in [0.2, 0.25) is 0 Å². The Hall–Kier alpha value is -3.86. The molecule has 2 bridgehead atoms. The Morgan fingerprint density at radius 2 is 1.76 bits per heavy atom. The topological polar surface area (TPSA) is 111 Å². The van der Waals surface area contributed by atoms with Gasteiger partial charge in [0.1, 0.15) is 17.3 Å². The zero-order chi connectivity index (χ0) is 26.9. The molecular weight excluding hydrogens is 510 g/mol. The van der Waals surface area contributed by atoms with Crippen molar-refractivity contribution < 1.29 is 17.2 Å². The molecule has 1 aromatic carbocycles. The van der Waals surface area contributed by atoms with E-state index in [4.69, 9.17) is 4.98 Å². The van der Waals surface area contributed by atoms with Gasteiger partial charge in [-0.1, -0.05) is 19.9 Å². The quantitative estimate of drug-likeness (QED) is 0.390. The van der Waals surface area contributed by atoms with Crippen molar-refractivity contribution >= 4 is 15.7 Å². The molecule has 11 heteroatoms. The molecule has 6 rings (SSSR count). The van der Waals surface area contributed by atoms with E-state index in [-0.39, 0.29) is 22.6 Å². The highest BCUT2D eigenvalue weighted by Gasteiger charge is 2.65.